The van der Waals surface area contributed by atoms with E-state index >= 15 is 0 Å². The minimum Gasteiger partial charge on any atom is -0.458 e. The molecule has 0 bridgehead atoms. The van der Waals surface area contributed by atoms with Crippen LogP contribution >= 0.6 is 12.4 Å². The maximum Gasteiger partial charge on any atom is 0.332 e. The number of carbonyl (C=O) groups excluding carboxylic acids is 1. The molecule has 2 N–H and O–H groups in total. The lowest BCUT2D eigenvalue weighted by Crippen LogP contribution is -2.27. The molecule has 22 heavy (non-hydrogen) atoms. The quantitative estimate of drug-likeness (QED) is 0.390. The zero-order valence-corrected chi connectivity index (χ0v) is 14.6. The zero-order chi connectivity index (χ0) is 16.0. The highest BCUT2D eigenvalue weighted by atomic mass is 35.5. The largest absolute Gasteiger partial charge is 0.458 e. The van der Waals surface area contributed by atoms with Crippen LogP contribution in [0.5, 0.6) is 0 Å². The van der Waals surface area contributed by atoms with Gasteiger partial charge in [0, 0.05) is 6.54 Å². The molecule has 0 radical (unpaired) electrons. The molecule has 0 amide bonds. The Kier molecular flexibility index (Phi) is 16.7. The molecule has 0 aliphatic rings. The molecule has 0 aromatic heterocycles. The van der Waals surface area contributed by atoms with Crippen LogP contribution in [0.25, 0.3) is 0 Å². The van der Waals surface area contributed by atoms with Gasteiger partial charge in [-0.05, 0) is 20.8 Å². The zero-order valence-electron chi connectivity index (χ0n) is 13.8. The maximum atomic E-state index is 11.3. The van der Waals surface area contributed by atoms with Gasteiger partial charge in [-0.25, -0.2) is 4.79 Å². The van der Waals surface area contributed by atoms with Crippen molar-refractivity contribution in [3.8, 4) is 0 Å². The van der Waals surface area contributed by atoms with Gasteiger partial charge >= 0.3 is 5.97 Å². The van der Waals surface area contributed by atoms with E-state index in [0.717, 1.165) is 0 Å². The predicted molar refractivity (Wildman–Crippen MR) is 85.4 cm³/mol. The van der Waals surface area contributed by atoms with Crippen molar-refractivity contribution in [2.75, 3.05) is 59.4 Å². The first kappa shape index (κ1) is 23.8. The third kappa shape index (κ3) is 19.6. The van der Waals surface area contributed by atoms with E-state index in [-0.39, 0.29) is 25.0 Å². The lowest BCUT2D eigenvalue weighted by atomic mass is 10.2. The van der Waals surface area contributed by atoms with E-state index in [0.29, 0.717) is 52.8 Å². The minimum absolute atomic E-state index is 0. The fraction of sp³-hybridized carbons (Fsp3) is 0.929. The van der Waals surface area contributed by atoms with Gasteiger partial charge in [0.05, 0.1) is 46.2 Å². The first-order chi connectivity index (χ1) is 9.95. The molecule has 0 aromatic carbocycles. The molecule has 0 aliphatic heterocycles. The Morgan fingerprint density at radius 2 is 1.23 bits per heavy atom. The molecule has 0 spiro atoms. The van der Waals surface area contributed by atoms with Crippen LogP contribution in [0.4, 0.5) is 0 Å². The molecule has 0 aliphatic carbocycles. The summed E-state index contributed by atoms with van der Waals surface area (Å²) >= 11 is 0. The third-order valence-electron chi connectivity index (χ3n) is 2.02. The first-order valence-corrected chi connectivity index (χ1v) is 7.18. The van der Waals surface area contributed by atoms with Crippen molar-refractivity contribution in [1.29, 1.82) is 0 Å². The number of ether oxygens (including phenoxy) is 5. The predicted octanol–water partition coefficient (Wildman–Crippen LogP) is 0.775. The van der Waals surface area contributed by atoms with Crippen molar-refractivity contribution in [2.45, 2.75) is 26.4 Å². The minimum atomic E-state index is -0.484. The Labute approximate surface area is 139 Å². The highest BCUT2D eigenvalue weighted by Gasteiger charge is 2.15. The van der Waals surface area contributed by atoms with Crippen LogP contribution in [0.3, 0.4) is 0 Å². The van der Waals surface area contributed by atoms with Gasteiger partial charge in [0.1, 0.15) is 12.2 Å². The fourth-order valence-electron chi connectivity index (χ4n) is 1.27. The fourth-order valence-corrected chi connectivity index (χ4v) is 1.27. The first-order valence-electron chi connectivity index (χ1n) is 7.18. The molecule has 0 atom stereocenters. The molecule has 0 fully saturated rings. The highest BCUT2D eigenvalue weighted by Crippen LogP contribution is 2.06. The second kappa shape index (κ2) is 15.5. The van der Waals surface area contributed by atoms with E-state index in [1.807, 2.05) is 20.8 Å². The molecule has 0 heterocycles. The van der Waals surface area contributed by atoms with E-state index in [1.54, 1.807) is 0 Å². The number of halogens is 1. The molecule has 0 unspecified atom stereocenters. The van der Waals surface area contributed by atoms with Crippen LogP contribution in [-0.2, 0) is 28.5 Å². The number of nitrogens with two attached hydrogens (primary N) is 1. The molecule has 7 nitrogen and oxygen atoms in total. The third-order valence-corrected chi connectivity index (χ3v) is 2.02. The average molecular weight is 344 g/mol. The van der Waals surface area contributed by atoms with Gasteiger partial charge in [-0.15, -0.1) is 12.4 Å². The molecule has 0 rings (SSSR count). The van der Waals surface area contributed by atoms with E-state index < -0.39 is 5.60 Å². The Morgan fingerprint density at radius 1 is 0.818 bits per heavy atom. The summed E-state index contributed by atoms with van der Waals surface area (Å²) in [6, 6.07) is 0. The molecule has 134 valence electrons. The van der Waals surface area contributed by atoms with Crippen LogP contribution in [0, 0.1) is 0 Å². The van der Waals surface area contributed by atoms with Gasteiger partial charge in [-0.3, -0.25) is 0 Å². The van der Waals surface area contributed by atoms with Gasteiger partial charge in [-0.2, -0.15) is 0 Å². The highest BCUT2D eigenvalue weighted by molar-refractivity contribution is 5.85. The Balaban J connectivity index is 0. The molecule has 0 aromatic rings. The summed E-state index contributed by atoms with van der Waals surface area (Å²) in [7, 11) is 0. The number of hydrogen-bond acceptors (Lipinski definition) is 7. The van der Waals surface area contributed by atoms with Crippen molar-refractivity contribution < 1.29 is 28.5 Å². The van der Waals surface area contributed by atoms with Gasteiger partial charge < -0.3 is 29.4 Å². The van der Waals surface area contributed by atoms with Gasteiger partial charge in [0.2, 0.25) is 0 Å². The second-order valence-corrected chi connectivity index (χ2v) is 5.26. The summed E-state index contributed by atoms with van der Waals surface area (Å²) in [5, 5.41) is 0. The maximum absolute atomic E-state index is 11.3. The number of hydrogen-bond donors (Lipinski definition) is 1. The molecule has 8 heteroatoms. The van der Waals surface area contributed by atoms with Crippen molar-refractivity contribution in [3.63, 3.8) is 0 Å². The number of carbonyl (C=O) groups is 1. The standard InChI is InChI=1S/C14H29NO6.ClH/c1-14(2,3)21-13(16)12-20-11-10-19-9-8-18-7-6-17-5-4-15;/h4-12,15H2,1-3H3;1H. The number of rotatable bonds is 13. The summed E-state index contributed by atoms with van der Waals surface area (Å²) in [6.07, 6.45) is 0. The van der Waals surface area contributed by atoms with Crippen molar-refractivity contribution >= 4 is 18.4 Å². The topological polar surface area (TPSA) is 89.2 Å². The number of esters is 1. The summed E-state index contributed by atoms with van der Waals surface area (Å²) in [4.78, 5) is 11.3. The second-order valence-electron chi connectivity index (χ2n) is 5.26. The van der Waals surface area contributed by atoms with Gasteiger partial charge in [0.25, 0.3) is 0 Å². The SMILES string of the molecule is CC(C)(C)OC(=O)COCCOCCOCCOCCN.Cl. The summed E-state index contributed by atoms with van der Waals surface area (Å²) in [6.45, 7) is 9.25. The van der Waals surface area contributed by atoms with E-state index in [2.05, 4.69) is 0 Å². The smallest absolute Gasteiger partial charge is 0.332 e. The van der Waals surface area contributed by atoms with Gasteiger partial charge in [-0.1, -0.05) is 0 Å². The van der Waals surface area contributed by atoms with E-state index in [9.17, 15) is 4.79 Å². The monoisotopic (exact) mass is 343 g/mol. The van der Waals surface area contributed by atoms with Gasteiger partial charge in [0.15, 0.2) is 0 Å². The summed E-state index contributed by atoms with van der Waals surface area (Å²) in [5.41, 5.74) is 4.79. The van der Waals surface area contributed by atoms with Crippen LogP contribution in [0.15, 0.2) is 0 Å². The lowest BCUT2D eigenvalue weighted by Gasteiger charge is -2.19. The lowest BCUT2D eigenvalue weighted by molar-refractivity contribution is -0.160. The Hall–Kier alpha value is -0.440. The van der Waals surface area contributed by atoms with Crippen molar-refractivity contribution in [1.82, 2.24) is 0 Å². The molecule has 0 saturated heterocycles. The average Bonchev–Trinajstić information content (AvgIpc) is 2.38. The summed E-state index contributed by atoms with van der Waals surface area (Å²) < 4.78 is 25.9. The normalized spacial score (nSPS) is 11.1. The Bertz CT molecular complexity index is 260. The van der Waals surface area contributed by atoms with Crippen LogP contribution in [0.1, 0.15) is 20.8 Å². The van der Waals surface area contributed by atoms with Crippen molar-refractivity contribution in [2.24, 2.45) is 5.73 Å². The van der Waals surface area contributed by atoms with E-state index in [4.69, 9.17) is 29.4 Å². The van der Waals surface area contributed by atoms with Crippen LogP contribution in [-0.4, -0.2) is 71.0 Å². The molecular weight excluding hydrogens is 314 g/mol. The Morgan fingerprint density at radius 3 is 1.64 bits per heavy atom. The molecule has 0 saturated carbocycles. The van der Waals surface area contributed by atoms with E-state index in [1.165, 1.54) is 0 Å². The molecular formula is C14H30ClNO6. The van der Waals surface area contributed by atoms with Crippen LogP contribution < -0.4 is 5.73 Å². The van der Waals surface area contributed by atoms with Crippen molar-refractivity contribution in [3.05, 3.63) is 0 Å². The summed E-state index contributed by atoms with van der Waals surface area (Å²) in [5.74, 6) is -0.372. The van der Waals surface area contributed by atoms with Crippen LogP contribution in [0.2, 0.25) is 0 Å².